The Balaban J connectivity index is 1.96. The van der Waals surface area contributed by atoms with Gasteiger partial charge < -0.3 is 20.5 Å². The lowest BCUT2D eigenvalue weighted by molar-refractivity contribution is 0.0120. The van der Waals surface area contributed by atoms with Crippen LogP contribution in [0.25, 0.3) is 0 Å². The molecule has 0 aromatic heterocycles. The molecule has 1 heterocycles. The fourth-order valence-corrected chi connectivity index (χ4v) is 2.00. The first kappa shape index (κ1) is 15.2. The summed E-state index contributed by atoms with van der Waals surface area (Å²) in [6, 6.07) is -0.158. The predicted octanol–water partition coefficient (Wildman–Crippen LogP) is 1.41. The van der Waals surface area contributed by atoms with Crippen LogP contribution < -0.4 is 10.6 Å². The lowest BCUT2D eigenvalue weighted by Crippen LogP contribution is -2.38. The molecule has 1 aliphatic rings. The van der Waals surface area contributed by atoms with E-state index in [-0.39, 0.29) is 12.1 Å². The Labute approximate surface area is 109 Å². The van der Waals surface area contributed by atoms with E-state index in [1.807, 2.05) is 6.92 Å². The summed E-state index contributed by atoms with van der Waals surface area (Å²) >= 11 is 0. The van der Waals surface area contributed by atoms with Crippen LogP contribution in [0.5, 0.6) is 0 Å². The molecule has 0 radical (unpaired) electrons. The maximum atomic E-state index is 11.4. The van der Waals surface area contributed by atoms with Gasteiger partial charge in [0.2, 0.25) is 0 Å². The van der Waals surface area contributed by atoms with E-state index in [2.05, 4.69) is 10.6 Å². The Kier molecular flexibility index (Phi) is 7.76. The van der Waals surface area contributed by atoms with Gasteiger partial charge in [-0.2, -0.15) is 0 Å². The van der Waals surface area contributed by atoms with Crippen molar-refractivity contribution in [1.82, 2.24) is 10.6 Å². The molecule has 1 saturated heterocycles. The third kappa shape index (κ3) is 6.81. The molecule has 2 amide bonds. The van der Waals surface area contributed by atoms with E-state index in [1.54, 1.807) is 0 Å². The number of carbonyl (C=O) groups is 1. The van der Waals surface area contributed by atoms with E-state index in [0.717, 1.165) is 32.3 Å². The highest BCUT2D eigenvalue weighted by molar-refractivity contribution is 5.73. The van der Waals surface area contributed by atoms with E-state index >= 15 is 0 Å². The van der Waals surface area contributed by atoms with Crippen LogP contribution in [-0.4, -0.2) is 43.0 Å². The number of hydrogen-bond donors (Lipinski definition) is 3. The Morgan fingerprint density at radius 2 is 2.17 bits per heavy atom. The van der Waals surface area contributed by atoms with Crippen LogP contribution in [0.2, 0.25) is 0 Å². The fraction of sp³-hybridized carbons (Fsp3) is 0.923. The van der Waals surface area contributed by atoms with E-state index in [9.17, 15) is 9.90 Å². The van der Waals surface area contributed by atoms with Gasteiger partial charge in [0, 0.05) is 19.7 Å². The van der Waals surface area contributed by atoms with E-state index in [1.165, 1.54) is 6.42 Å². The van der Waals surface area contributed by atoms with Crippen LogP contribution in [0.15, 0.2) is 0 Å². The molecule has 0 saturated carbocycles. The van der Waals surface area contributed by atoms with Gasteiger partial charge in [-0.15, -0.1) is 0 Å². The SMILES string of the molecule is CCC(O)CCNC(=O)NCCC1CCCCO1. The average molecular weight is 258 g/mol. The van der Waals surface area contributed by atoms with Crippen LogP contribution in [0.3, 0.4) is 0 Å². The molecule has 0 bridgehead atoms. The molecule has 1 aliphatic heterocycles. The highest BCUT2D eigenvalue weighted by atomic mass is 16.5. The summed E-state index contributed by atoms with van der Waals surface area (Å²) in [7, 11) is 0. The van der Waals surface area contributed by atoms with Crippen LogP contribution in [-0.2, 0) is 4.74 Å². The summed E-state index contributed by atoms with van der Waals surface area (Å²) in [5.41, 5.74) is 0. The van der Waals surface area contributed by atoms with Crippen molar-refractivity contribution in [3.05, 3.63) is 0 Å². The molecule has 0 spiro atoms. The van der Waals surface area contributed by atoms with Gasteiger partial charge in [0.25, 0.3) is 0 Å². The molecule has 18 heavy (non-hydrogen) atoms. The molecular weight excluding hydrogens is 232 g/mol. The normalized spacial score (nSPS) is 21.3. The van der Waals surface area contributed by atoms with Crippen molar-refractivity contribution < 1.29 is 14.6 Å². The van der Waals surface area contributed by atoms with Crippen LogP contribution in [0, 0.1) is 0 Å². The minimum absolute atomic E-state index is 0.158. The molecule has 1 fully saturated rings. The number of carbonyl (C=O) groups excluding carboxylic acids is 1. The first-order valence-corrected chi connectivity index (χ1v) is 7.03. The number of ether oxygens (including phenoxy) is 1. The molecule has 5 heteroatoms. The number of hydrogen-bond acceptors (Lipinski definition) is 3. The van der Waals surface area contributed by atoms with E-state index in [4.69, 9.17) is 4.74 Å². The monoisotopic (exact) mass is 258 g/mol. The Bertz CT molecular complexity index is 230. The van der Waals surface area contributed by atoms with Gasteiger partial charge in [0.15, 0.2) is 0 Å². The number of amides is 2. The molecule has 0 aromatic rings. The maximum Gasteiger partial charge on any atom is 0.314 e. The van der Waals surface area contributed by atoms with E-state index < -0.39 is 0 Å². The first-order chi connectivity index (χ1) is 8.72. The molecule has 2 unspecified atom stereocenters. The van der Waals surface area contributed by atoms with Crippen molar-refractivity contribution in [2.45, 2.75) is 57.7 Å². The van der Waals surface area contributed by atoms with E-state index in [0.29, 0.717) is 25.6 Å². The minimum Gasteiger partial charge on any atom is -0.393 e. The fourth-order valence-electron chi connectivity index (χ4n) is 2.00. The van der Waals surface area contributed by atoms with Crippen molar-refractivity contribution in [2.24, 2.45) is 0 Å². The van der Waals surface area contributed by atoms with Crippen LogP contribution in [0.1, 0.15) is 45.4 Å². The highest BCUT2D eigenvalue weighted by Gasteiger charge is 2.13. The number of aliphatic hydroxyl groups is 1. The summed E-state index contributed by atoms with van der Waals surface area (Å²) in [4.78, 5) is 11.4. The van der Waals surface area contributed by atoms with Crippen molar-refractivity contribution in [3.63, 3.8) is 0 Å². The Morgan fingerprint density at radius 1 is 1.39 bits per heavy atom. The van der Waals surface area contributed by atoms with Gasteiger partial charge in [0.1, 0.15) is 0 Å². The zero-order valence-electron chi connectivity index (χ0n) is 11.3. The van der Waals surface area contributed by atoms with Gasteiger partial charge in [0.05, 0.1) is 12.2 Å². The topological polar surface area (TPSA) is 70.6 Å². The van der Waals surface area contributed by atoms with Crippen molar-refractivity contribution in [1.29, 1.82) is 0 Å². The summed E-state index contributed by atoms with van der Waals surface area (Å²) in [6.45, 7) is 3.94. The molecule has 3 N–H and O–H groups in total. The summed E-state index contributed by atoms with van der Waals surface area (Å²) in [6.07, 6.45) is 5.69. The lowest BCUT2D eigenvalue weighted by Gasteiger charge is -2.22. The minimum atomic E-state index is -0.319. The quantitative estimate of drug-likeness (QED) is 0.646. The Morgan fingerprint density at radius 3 is 2.83 bits per heavy atom. The van der Waals surface area contributed by atoms with Gasteiger partial charge in [-0.25, -0.2) is 4.79 Å². The molecule has 2 atom stereocenters. The molecular formula is C13H26N2O3. The predicted molar refractivity (Wildman–Crippen MR) is 70.5 cm³/mol. The van der Waals surface area contributed by atoms with Crippen molar-refractivity contribution in [3.8, 4) is 0 Å². The smallest absolute Gasteiger partial charge is 0.314 e. The molecule has 0 aliphatic carbocycles. The number of nitrogens with one attached hydrogen (secondary N) is 2. The number of rotatable bonds is 7. The first-order valence-electron chi connectivity index (χ1n) is 7.03. The summed E-state index contributed by atoms with van der Waals surface area (Å²) < 4.78 is 5.58. The zero-order chi connectivity index (χ0) is 13.2. The number of aliphatic hydroxyl groups excluding tert-OH is 1. The van der Waals surface area contributed by atoms with Gasteiger partial charge in [-0.3, -0.25) is 0 Å². The standard InChI is InChI=1S/C13H26N2O3/c1-2-11(16)6-8-14-13(17)15-9-7-12-5-3-4-10-18-12/h11-12,16H,2-10H2,1H3,(H2,14,15,17). The van der Waals surface area contributed by atoms with Crippen molar-refractivity contribution in [2.75, 3.05) is 19.7 Å². The molecule has 106 valence electrons. The van der Waals surface area contributed by atoms with Crippen LogP contribution >= 0.6 is 0 Å². The lowest BCUT2D eigenvalue weighted by atomic mass is 10.1. The Hall–Kier alpha value is -0.810. The van der Waals surface area contributed by atoms with Crippen LogP contribution in [0.4, 0.5) is 4.79 Å². The zero-order valence-corrected chi connectivity index (χ0v) is 11.3. The molecule has 0 aromatic carbocycles. The maximum absolute atomic E-state index is 11.4. The van der Waals surface area contributed by atoms with Gasteiger partial charge in [-0.05, 0) is 38.5 Å². The van der Waals surface area contributed by atoms with Gasteiger partial charge in [-0.1, -0.05) is 6.92 Å². The molecule has 5 nitrogen and oxygen atoms in total. The summed E-state index contributed by atoms with van der Waals surface area (Å²) in [5, 5.41) is 14.9. The average Bonchev–Trinajstić information content (AvgIpc) is 2.39. The summed E-state index contributed by atoms with van der Waals surface area (Å²) in [5.74, 6) is 0. The van der Waals surface area contributed by atoms with Gasteiger partial charge >= 0.3 is 6.03 Å². The second-order valence-corrected chi connectivity index (χ2v) is 4.81. The third-order valence-electron chi connectivity index (χ3n) is 3.26. The second kappa shape index (κ2) is 9.16. The molecule has 1 rings (SSSR count). The third-order valence-corrected chi connectivity index (χ3v) is 3.26. The largest absolute Gasteiger partial charge is 0.393 e. The van der Waals surface area contributed by atoms with Crippen molar-refractivity contribution >= 4 is 6.03 Å². The highest BCUT2D eigenvalue weighted by Crippen LogP contribution is 2.14. The second-order valence-electron chi connectivity index (χ2n) is 4.81. The number of urea groups is 1.